The molecule has 0 amide bonds. The van der Waals surface area contributed by atoms with Gasteiger partial charge < -0.3 is 9.88 Å². The monoisotopic (exact) mass is 219 g/mol. The standard InChI is InChI=1S/C13H21N3/c1-9(2)10(3)15-8-12-6-13(7-14)16(5)11(12)4/h6,9-10,15H,8H2,1-5H3. The van der Waals surface area contributed by atoms with E-state index < -0.39 is 0 Å². The maximum absolute atomic E-state index is 8.93. The summed E-state index contributed by atoms with van der Waals surface area (Å²) in [5, 5.41) is 12.4. The topological polar surface area (TPSA) is 40.8 Å². The summed E-state index contributed by atoms with van der Waals surface area (Å²) in [4.78, 5) is 0. The molecule has 0 saturated carbocycles. The number of nitrogens with one attached hydrogen (secondary N) is 1. The van der Waals surface area contributed by atoms with Crippen LogP contribution in [0, 0.1) is 24.2 Å². The molecule has 1 N–H and O–H groups in total. The third kappa shape index (κ3) is 2.65. The summed E-state index contributed by atoms with van der Waals surface area (Å²) < 4.78 is 1.94. The van der Waals surface area contributed by atoms with Gasteiger partial charge in [0.05, 0.1) is 0 Å². The van der Waals surface area contributed by atoms with Crippen LogP contribution in [-0.2, 0) is 13.6 Å². The van der Waals surface area contributed by atoms with Gasteiger partial charge in [-0.2, -0.15) is 5.26 Å². The number of aromatic nitrogens is 1. The van der Waals surface area contributed by atoms with E-state index in [4.69, 9.17) is 5.26 Å². The average molecular weight is 219 g/mol. The van der Waals surface area contributed by atoms with Gasteiger partial charge in [-0.25, -0.2) is 0 Å². The minimum Gasteiger partial charge on any atom is -0.340 e. The third-order valence-corrected chi connectivity index (χ3v) is 3.37. The van der Waals surface area contributed by atoms with E-state index in [0.717, 1.165) is 12.2 Å². The number of hydrogen-bond acceptors (Lipinski definition) is 2. The highest BCUT2D eigenvalue weighted by molar-refractivity contribution is 5.34. The van der Waals surface area contributed by atoms with Crippen molar-refractivity contribution in [3.05, 3.63) is 23.0 Å². The van der Waals surface area contributed by atoms with Gasteiger partial charge in [-0.05, 0) is 31.4 Å². The van der Waals surface area contributed by atoms with Crippen molar-refractivity contribution in [2.75, 3.05) is 0 Å². The predicted octanol–water partition coefficient (Wildman–Crippen LogP) is 2.34. The van der Waals surface area contributed by atoms with Gasteiger partial charge in [-0.15, -0.1) is 0 Å². The molecule has 16 heavy (non-hydrogen) atoms. The number of hydrogen-bond donors (Lipinski definition) is 1. The molecule has 0 bridgehead atoms. The molecule has 1 unspecified atom stereocenters. The third-order valence-electron chi connectivity index (χ3n) is 3.37. The van der Waals surface area contributed by atoms with Crippen LogP contribution in [0.1, 0.15) is 37.7 Å². The molecule has 0 fully saturated rings. The van der Waals surface area contributed by atoms with Crippen molar-refractivity contribution in [2.45, 2.75) is 40.3 Å². The molecule has 0 aliphatic carbocycles. The molecule has 1 atom stereocenters. The number of nitriles is 1. The van der Waals surface area contributed by atoms with E-state index in [2.05, 4.69) is 39.1 Å². The first kappa shape index (κ1) is 12.8. The molecule has 0 radical (unpaired) electrons. The summed E-state index contributed by atoms with van der Waals surface area (Å²) in [6.07, 6.45) is 0. The molecule has 1 rings (SSSR count). The Morgan fingerprint density at radius 1 is 1.44 bits per heavy atom. The van der Waals surface area contributed by atoms with Crippen LogP contribution in [0.15, 0.2) is 6.07 Å². The highest BCUT2D eigenvalue weighted by atomic mass is 15.0. The summed E-state index contributed by atoms with van der Waals surface area (Å²) in [5.74, 6) is 0.624. The van der Waals surface area contributed by atoms with Gasteiger partial charge in [-0.1, -0.05) is 13.8 Å². The van der Waals surface area contributed by atoms with Crippen molar-refractivity contribution in [2.24, 2.45) is 13.0 Å². The highest BCUT2D eigenvalue weighted by Crippen LogP contribution is 2.13. The summed E-state index contributed by atoms with van der Waals surface area (Å²) >= 11 is 0. The van der Waals surface area contributed by atoms with Crippen LogP contribution < -0.4 is 5.32 Å². The predicted molar refractivity (Wildman–Crippen MR) is 66.0 cm³/mol. The van der Waals surface area contributed by atoms with Crippen LogP contribution in [0.2, 0.25) is 0 Å². The average Bonchev–Trinajstić information content (AvgIpc) is 2.52. The van der Waals surface area contributed by atoms with Gasteiger partial charge >= 0.3 is 0 Å². The van der Waals surface area contributed by atoms with E-state index in [0.29, 0.717) is 12.0 Å². The van der Waals surface area contributed by atoms with Gasteiger partial charge in [0.15, 0.2) is 0 Å². The molecule has 3 nitrogen and oxygen atoms in total. The smallest absolute Gasteiger partial charge is 0.120 e. The Kier molecular flexibility index (Phi) is 4.14. The minimum absolute atomic E-state index is 0.491. The van der Waals surface area contributed by atoms with E-state index in [1.54, 1.807) is 0 Å². The van der Waals surface area contributed by atoms with Crippen LogP contribution in [0.25, 0.3) is 0 Å². The second-order valence-corrected chi connectivity index (χ2v) is 4.72. The van der Waals surface area contributed by atoms with Gasteiger partial charge in [-0.3, -0.25) is 0 Å². The molecule has 0 aromatic carbocycles. The number of nitrogens with zero attached hydrogens (tertiary/aromatic N) is 2. The van der Waals surface area contributed by atoms with E-state index in [1.807, 2.05) is 17.7 Å². The van der Waals surface area contributed by atoms with Crippen molar-refractivity contribution in [3.63, 3.8) is 0 Å². The van der Waals surface area contributed by atoms with Crippen molar-refractivity contribution in [1.82, 2.24) is 9.88 Å². The number of rotatable bonds is 4. The zero-order valence-electron chi connectivity index (χ0n) is 10.8. The largest absolute Gasteiger partial charge is 0.340 e. The van der Waals surface area contributed by atoms with Crippen LogP contribution >= 0.6 is 0 Å². The molecule has 1 heterocycles. The molecule has 0 spiro atoms. The Balaban J connectivity index is 2.72. The molecule has 88 valence electrons. The molecule has 0 aliphatic heterocycles. The summed E-state index contributed by atoms with van der Waals surface area (Å²) in [6, 6.07) is 4.66. The molecule has 0 aliphatic rings. The Hall–Kier alpha value is -1.27. The SMILES string of the molecule is Cc1c(CNC(C)C(C)C)cc(C#N)n1C. The van der Waals surface area contributed by atoms with E-state index >= 15 is 0 Å². The quantitative estimate of drug-likeness (QED) is 0.844. The van der Waals surface area contributed by atoms with Crippen LogP contribution in [0.4, 0.5) is 0 Å². The lowest BCUT2D eigenvalue weighted by Gasteiger charge is -2.17. The van der Waals surface area contributed by atoms with Crippen LogP contribution in [-0.4, -0.2) is 10.6 Å². The van der Waals surface area contributed by atoms with Crippen molar-refractivity contribution < 1.29 is 0 Å². The normalized spacial score (nSPS) is 12.8. The van der Waals surface area contributed by atoms with E-state index in [9.17, 15) is 0 Å². The summed E-state index contributed by atoms with van der Waals surface area (Å²) in [7, 11) is 1.93. The zero-order valence-corrected chi connectivity index (χ0v) is 10.8. The van der Waals surface area contributed by atoms with Gasteiger partial charge in [0, 0.05) is 25.3 Å². The fourth-order valence-electron chi connectivity index (χ4n) is 1.56. The first-order valence-electron chi connectivity index (χ1n) is 5.76. The van der Waals surface area contributed by atoms with E-state index in [1.165, 1.54) is 11.3 Å². The Bertz CT molecular complexity index is 396. The first-order chi connectivity index (χ1) is 7.47. The van der Waals surface area contributed by atoms with Crippen molar-refractivity contribution in [1.29, 1.82) is 5.26 Å². The highest BCUT2D eigenvalue weighted by Gasteiger charge is 2.10. The lowest BCUT2D eigenvalue weighted by Crippen LogP contribution is -2.30. The lowest BCUT2D eigenvalue weighted by molar-refractivity contribution is 0.425. The second-order valence-electron chi connectivity index (χ2n) is 4.72. The molecule has 3 heteroatoms. The van der Waals surface area contributed by atoms with Crippen molar-refractivity contribution >= 4 is 0 Å². The first-order valence-corrected chi connectivity index (χ1v) is 5.76. The molecule has 1 aromatic rings. The fourth-order valence-corrected chi connectivity index (χ4v) is 1.56. The molecule has 1 aromatic heterocycles. The fraction of sp³-hybridized carbons (Fsp3) is 0.615. The molecule has 0 saturated heterocycles. The Morgan fingerprint density at radius 2 is 2.06 bits per heavy atom. The molecular weight excluding hydrogens is 198 g/mol. The van der Waals surface area contributed by atoms with Gasteiger partial charge in [0.2, 0.25) is 0 Å². The minimum atomic E-state index is 0.491. The second kappa shape index (κ2) is 5.18. The lowest BCUT2D eigenvalue weighted by atomic mass is 10.1. The maximum atomic E-state index is 8.93. The Labute approximate surface area is 98.1 Å². The van der Waals surface area contributed by atoms with Crippen LogP contribution in [0.3, 0.4) is 0 Å². The molecular formula is C13H21N3. The van der Waals surface area contributed by atoms with Gasteiger partial charge in [0.25, 0.3) is 0 Å². The van der Waals surface area contributed by atoms with Crippen LogP contribution in [0.5, 0.6) is 0 Å². The Morgan fingerprint density at radius 3 is 2.50 bits per heavy atom. The van der Waals surface area contributed by atoms with E-state index in [-0.39, 0.29) is 0 Å². The van der Waals surface area contributed by atoms with Crippen molar-refractivity contribution in [3.8, 4) is 6.07 Å². The zero-order chi connectivity index (χ0) is 12.3. The maximum Gasteiger partial charge on any atom is 0.120 e. The van der Waals surface area contributed by atoms with Gasteiger partial charge in [0.1, 0.15) is 11.8 Å². The summed E-state index contributed by atoms with van der Waals surface area (Å²) in [6.45, 7) is 9.49. The summed E-state index contributed by atoms with van der Waals surface area (Å²) in [5.41, 5.74) is 3.11.